The van der Waals surface area contributed by atoms with Crippen LogP contribution in [0.15, 0.2) is 52.5 Å². The second kappa shape index (κ2) is 6.14. The Morgan fingerprint density at radius 3 is 2.67 bits per heavy atom. The first-order chi connectivity index (χ1) is 11.3. The summed E-state index contributed by atoms with van der Waals surface area (Å²) in [7, 11) is 0. The van der Waals surface area contributed by atoms with Gasteiger partial charge in [0.2, 0.25) is 0 Å². The van der Waals surface area contributed by atoms with Gasteiger partial charge in [-0.3, -0.25) is 0 Å². The first-order valence-electron chi connectivity index (χ1n) is 7.96. The van der Waals surface area contributed by atoms with E-state index in [1.165, 1.54) is 0 Å². The number of halogens is 1. The van der Waals surface area contributed by atoms with Gasteiger partial charge in [0.15, 0.2) is 6.10 Å². The molecule has 4 nitrogen and oxygen atoms in total. The molecule has 0 radical (unpaired) electrons. The van der Waals surface area contributed by atoms with Crippen LogP contribution < -0.4 is 0 Å². The maximum Gasteiger partial charge on any atom is 0.336 e. The van der Waals surface area contributed by atoms with Crippen molar-refractivity contribution in [3.8, 4) is 0 Å². The topological polar surface area (TPSA) is 66.8 Å². The molecule has 0 amide bonds. The number of carboxylic acid groups (broad SMARTS) is 1. The van der Waals surface area contributed by atoms with Crippen LogP contribution in [0.25, 0.3) is 0 Å². The van der Waals surface area contributed by atoms with Crippen molar-refractivity contribution >= 4 is 21.9 Å². The summed E-state index contributed by atoms with van der Waals surface area (Å²) in [6.07, 6.45) is 0.831. The molecule has 0 aromatic heterocycles. The first kappa shape index (κ1) is 17.4. The van der Waals surface area contributed by atoms with Crippen LogP contribution in [0.1, 0.15) is 31.9 Å². The lowest BCUT2D eigenvalue weighted by molar-refractivity contribution is -0.158. The number of aliphatic hydroxyl groups is 1. The highest BCUT2D eigenvalue weighted by Gasteiger charge is 2.63. The van der Waals surface area contributed by atoms with Crippen LogP contribution in [0.5, 0.6) is 0 Å². The third-order valence-electron chi connectivity index (χ3n) is 5.33. The summed E-state index contributed by atoms with van der Waals surface area (Å²) in [5, 5.41) is 21.1. The van der Waals surface area contributed by atoms with E-state index in [1.807, 2.05) is 37.3 Å². The zero-order chi connectivity index (χ0) is 17.6. The van der Waals surface area contributed by atoms with E-state index >= 15 is 0 Å². The first-order valence-corrected chi connectivity index (χ1v) is 8.75. The minimum Gasteiger partial charge on any atom is -0.479 e. The van der Waals surface area contributed by atoms with Crippen molar-refractivity contribution in [3.05, 3.63) is 58.1 Å². The fourth-order valence-corrected chi connectivity index (χ4v) is 4.58. The number of aliphatic carboxylic acids is 1. The molecule has 1 aromatic carbocycles. The van der Waals surface area contributed by atoms with E-state index in [4.69, 9.17) is 4.74 Å². The zero-order valence-electron chi connectivity index (χ0n) is 13.7. The van der Waals surface area contributed by atoms with E-state index in [0.29, 0.717) is 5.57 Å². The Morgan fingerprint density at radius 1 is 1.42 bits per heavy atom. The number of carbonyl (C=O) groups is 1. The molecular formula is C19H21BrO4. The van der Waals surface area contributed by atoms with Gasteiger partial charge < -0.3 is 14.9 Å². The van der Waals surface area contributed by atoms with Crippen molar-refractivity contribution in [2.75, 3.05) is 0 Å². The smallest absolute Gasteiger partial charge is 0.336 e. The van der Waals surface area contributed by atoms with Crippen molar-refractivity contribution in [3.63, 3.8) is 0 Å². The average molecular weight is 393 g/mol. The Balaban J connectivity index is 2.18. The summed E-state index contributed by atoms with van der Waals surface area (Å²) in [6.45, 7) is 7.76. The SMILES string of the molecule is C=C(C)[C@H]1CC=C(C)[C@@]2(O)[C@@H]1[C@H](c1ccccc1Br)O[C@@H]2C(=O)O. The molecule has 1 heterocycles. The van der Waals surface area contributed by atoms with Crippen LogP contribution in [0.3, 0.4) is 0 Å². The van der Waals surface area contributed by atoms with Crippen LogP contribution >= 0.6 is 15.9 Å². The van der Waals surface area contributed by atoms with E-state index in [9.17, 15) is 15.0 Å². The standard InChI is InChI=1S/C19H21BrO4/c1-10(2)12-9-8-11(3)19(23)15(12)16(24-17(19)18(21)22)13-6-4-5-7-14(13)20/h4-8,12,15-17,23H,1,9H2,2-3H3,(H,21,22)/t12-,15+,16+,17-,19-/m1/s1. The van der Waals surface area contributed by atoms with Crippen molar-refractivity contribution in [2.24, 2.45) is 11.8 Å². The van der Waals surface area contributed by atoms with Gasteiger partial charge in [-0.05, 0) is 43.4 Å². The molecule has 128 valence electrons. The van der Waals surface area contributed by atoms with Gasteiger partial charge >= 0.3 is 5.97 Å². The maximum absolute atomic E-state index is 11.8. The van der Waals surface area contributed by atoms with Gasteiger partial charge in [-0.25, -0.2) is 4.79 Å². The highest BCUT2D eigenvalue weighted by molar-refractivity contribution is 9.10. The number of carboxylic acids is 1. The van der Waals surface area contributed by atoms with Crippen LogP contribution in [0.4, 0.5) is 0 Å². The Hall–Kier alpha value is -1.43. The molecule has 3 rings (SSSR count). The maximum atomic E-state index is 11.8. The van der Waals surface area contributed by atoms with Crippen LogP contribution in [0, 0.1) is 11.8 Å². The fraction of sp³-hybridized carbons (Fsp3) is 0.421. The van der Waals surface area contributed by atoms with Gasteiger partial charge in [-0.1, -0.05) is 52.4 Å². The molecule has 2 N–H and O–H groups in total. The lowest BCUT2D eigenvalue weighted by Crippen LogP contribution is -2.52. The molecular weight excluding hydrogens is 372 g/mol. The monoisotopic (exact) mass is 392 g/mol. The largest absolute Gasteiger partial charge is 0.479 e. The van der Waals surface area contributed by atoms with Crippen LogP contribution in [-0.4, -0.2) is 27.9 Å². The summed E-state index contributed by atoms with van der Waals surface area (Å²) in [5.74, 6) is -1.58. The molecule has 1 aliphatic heterocycles. The molecule has 0 bridgehead atoms. The normalized spacial score (nSPS) is 35.2. The number of allylic oxidation sites excluding steroid dienone is 2. The van der Waals surface area contributed by atoms with Crippen molar-refractivity contribution < 1.29 is 19.7 Å². The summed E-state index contributed by atoms with van der Waals surface area (Å²) >= 11 is 3.52. The molecule has 1 saturated heterocycles. The summed E-state index contributed by atoms with van der Waals surface area (Å²) in [6, 6.07) is 7.58. The molecule has 1 fully saturated rings. The Bertz CT molecular complexity index is 726. The number of hydrogen-bond acceptors (Lipinski definition) is 3. The highest BCUT2D eigenvalue weighted by atomic mass is 79.9. The van der Waals surface area contributed by atoms with Gasteiger partial charge in [-0.15, -0.1) is 0 Å². The van der Waals surface area contributed by atoms with Crippen molar-refractivity contribution in [1.29, 1.82) is 0 Å². The molecule has 24 heavy (non-hydrogen) atoms. The predicted octanol–water partition coefficient (Wildman–Crippen LogP) is 3.86. The average Bonchev–Trinajstić information content (AvgIpc) is 2.83. The number of ether oxygens (including phenoxy) is 1. The van der Waals surface area contributed by atoms with Gasteiger partial charge in [-0.2, -0.15) is 0 Å². The third kappa shape index (κ3) is 2.46. The van der Waals surface area contributed by atoms with Gasteiger partial charge in [0, 0.05) is 10.4 Å². The predicted molar refractivity (Wildman–Crippen MR) is 94.5 cm³/mol. The molecule has 1 aliphatic carbocycles. The van der Waals surface area contributed by atoms with Crippen LogP contribution in [-0.2, 0) is 9.53 Å². The van der Waals surface area contributed by atoms with E-state index in [0.717, 1.165) is 22.0 Å². The summed E-state index contributed by atoms with van der Waals surface area (Å²) in [5.41, 5.74) is 0.902. The Labute approximate surface area is 150 Å². The molecule has 5 atom stereocenters. The second-order valence-electron chi connectivity index (χ2n) is 6.72. The van der Waals surface area contributed by atoms with Gasteiger partial charge in [0.25, 0.3) is 0 Å². The van der Waals surface area contributed by atoms with E-state index < -0.39 is 23.8 Å². The minimum atomic E-state index is -1.53. The highest BCUT2D eigenvalue weighted by Crippen LogP contribution is 2.56. The number of fused-ring (bicyclic) bond motifs is 1. The lowest BCUT2D eigenvalue weighted by atomic mass is 9.64. The second-order valence-corrected chi connectivity index (χ2v) is 7.58. The Morgan fingerprint density at radius 2 is 2.08 bits per heavy atom. The molecule has 2 aliphatic rings. The Kier molecular flexibility index (Phi) is 4.45. The molecule has 1 aromatic rings. The molecule has 0 saturated carbocycles. The minimum absolute atomic E-state index is 0.0415. The van der Waals surface area contributed by atoms with Crippen molar-refractivity contribution in [2.45, 2.75) is 38.1 Å². The van der Waals surface area contributed by atoms with Crippen LogP contribution in [0.2, 0.25) is 0 Å². The van der Waals surface area contributed by atoms with Gasteiger partial charge in [0.1, 0.15) is 5.60 Å². The quantitative estimate of drug-likeness (QED) is 0.766. The number of rotatable bonds is 3. The lowest BCUT2D eigenvalue weighted by Gasteiger charge is -2.42. The number of benzene rings is 1. The van der Waals surface area contributed by atoms with E-state index in [-0.39, 0.29) is 11.8 Å². The summed E-state index contributed by atoms with van der Waals surface area (Å²) in [4.78, 5) is 11.8. The third-order valence-corrected chi connectivity index (χ3v) is 6.05. The van der Waals surface area contributed by atoms with Gasteiger partial charge in [0.05, 0.1) is 6.10 Å². The molecule has 5 heteroatoms. The van der Waals surface area contributed by atoms with E-state index in [2.05, 4.69) is 22.5 Å². The zero-order valence-corrected chi connectivity index (χ0v) is 15.3. The summed E-state index contributed by atoms with van der Waals surface area (Å²) < 4.78 is 6.77. The fourth-order valence-electron chi connectivity index (χ4n) is 4.07. The molecule has 0 unspecified atom stereocenters. The molecule has 0 spiro atoms. The van der Waals surface area contributed by atoms with Crippen molar-refractivity contribution in [1.82, 2.24) is 0 Å². The number of hydrogen-bond donors (Lipinski definition) is 2. The van der Waals surface area contributed by atoms with E-state index in [1.54, 1.807) is 6.92 Å².